The molecule has 2 aliphatic rings. The van der Waals surface area contributed by atoms with Crippen molar-refractivity contribution in [3.63, 3.8) is 0 Å². The molecule has 11 nitrogen and oxygen atoms in total. The van der Waals surface area contributed by atoms with Crippen LogP contribution in [0, 0.1) is 16.0 Å². The van der Waals surface area contributed by atoms with Gasteiger partial charge in [0.1, 0.15) is 12.4 Å². The molecule has 0 spiro atoms. The number of nitro groups is 1. The topological polar surface area (TPSA) is 129 Å². The Hall–Kier alpha value is -3.89. The molecule has 2 aliphatic heterocycles. The molecule has 4 heterocycles. The van der Waals surface area contributed by atoms with E-state index in [1.165, 1.54) is 21.6 Å². The molecule has 3 atom stereocenters. The van der Waals surface area contributed by atoms with Gasteiger partial charge in [0.2, 0.25) is 5.91 Å². The number of hydrogen-bond donors (Lipinski definition) is 0. The maximum absolute atomic E-state index is 13.6. The van der Waals surface area contributed by atoms with E-state index in [0.717, 1.165) is 17.7 Å². The first-order valence-corrected chi connectivity index (χ1v) is 10.4. The molecule has 164 valence electrons. The highest BCUT2D eigenvalue weighted by molar-refractivity contribution is 5.81. The van der Waals surface area contributed by atoms with Crippen LogP contribution >= 0.6 is 0 Å². The largest absolute Gasteiger partial charge is 0.340 e. The van der Waals surface area contributed by atoms with E-state index in [9.17, 15) is 19.7 Å². The summed E-state index contributed by atoms with van der Waals surface area (Å²) >= 11 is 0. The number of carbonyl (C=O) groups is 1. The number of tetrazole rings is 1. The molecule has 0 radical (unpaired) electrons. The molecule has 5 rings (SSSR count). The van der Waals surface area contributed by atoms with Crippen molar-refractivity contribution in [3.05, 3.63) is 80.5 Å². The monoisotopic (exact) mass is 435 g/mol. The van der Waals surface area contributed by atoms with Crippen molar-refractivity contribution in [2.45, 2.75) is 31.3 Å². The van der Waals surface area contributed by atoms with Gasteiger partial charge in [0, 0.05) is 43.7 Å². The Morgan fingerprint density at radius 2 is 1.97 bits per heavy atom. The van der Waals surface area contributed by atoms with Gasteiger partial charge in [-0.2, -0.15) is 0 Å². The van der Waals surface area contributed by atoms with Crippen LogP contribution in [0.3, 0.4) is 0 Å². The molecular weight excluding hydrogens is 414 g/mol. The molecule has 11 heteroatoms. The van der Waals surface area contributed by atoms with Crippen LogP contribution in [0.4, 0.5) is 5.69 Å². The Kier molecular flexibility index (Phi) is 5.00. The zero-order valence-corrected chi connectivity index (χ0v) is 17.1. The van der Waals surface area contributed by atoms with Crippen LogP contribution in [0.25, 0.3) is 0 Å². The SMILES string of the molecule is O=C([C@H](Cc1ccccc1)n1cnnn1)N1CC2CC(C1)c1ccc([N+](=O)[O-])c(=O)n1C2. The van der Waals surface area contributed by atoms with E-state index in [4.69, 9.17) is 0 Å². The van der Waals surface area contributed by atoms with Gasteiger partial charge in [-0.25, -0.2) is 4.68 Å². The number of piperidine rings is 1. The quantitative estimate of drug-likeness (QED) is 0.434. The third-order valence-corrected chi connectivity index (χ3v) is 6.33. The van der Waals surface area contributed by atoms with Crippen molar-refractivity contribution < 1.29 is 9.72 Å². The first-order valence-electron chi connectivity index (χ1n) is 10.4. The van der Waals surface area contributed by atoms with E-state index >= 15 is 0 Å². The van der Waals surface area contributed by atoms with E-state index in [0.29, 0.717) is 26.1 Å². The second-order valence-electron chi connectivity index (χ2n) is 8.35. The fourth-order valence-electron chi connectivity index (χ4n) is 4.91. The van der Waals surface area contributed by atoms with E-state index in [1.807, 2.05) is 35.2 Å². The van der Waals surface area contributed by atoms with E-state index in [-0.39, 0.29) is 17.7 Å². The standard InChI is InChI=1S/C21H21N7O4/c29-20(19(27-13-22-23-24-27)9-14-4-2-1-3-5-14)25-10-15-8-16(12-25)17-6-7-18(28(31)32)21(30)26(17)11-15/h1-7,13,15-16,19H,8-12H2/t15?,16?,19-/m0/s1. The minimum absolute atomic E-state index is 0.0498. The number of nitrogens with zero attached hydrogens (tertiary/aromatic N) is 7. The molecule has 1 aromatic carbocycles. The van der Waals surface area contributed by atoms with Crippen molar-refractivity contribution in [2.75, 3.05) is 13.1 Å². The number of fused-ring (bicyclic) bond motifs is 4. The van der Waals surface area contributed by atoms with E-state index in [1.54, 1.807) is 6.07 Å². The summed E-state index contributed by atoms with van der Waals surface area (Å²) in [6.07, 6.45) is 2.75. The van der Waals surface area contributed by atoms with Crippen LogP contribution < -0.4 is 5.56 Å². The molecule has 1 saturated heterocycles. The van der Waals surface area contributed by atoms with Crippen molar-refractivity contribution in [2.24, 2.45) is 5.92 Å². The average Bonchev–Trinajstić information content (AvgIpc) is 3.33. The lowest BCUT2D eigenvalue weighted by molar-refractivity contribution is -0.386. The lowest BCUT2D eigenvalue weighted by Gasteiger charge is -2.43. The number of aromatic nitrogens is 5. The van der Waals surface area contributed by atoms with Crippen molar-refractivity contribution in [1.29, 1.82) is 0 Å². The lowest BCUT2D eigenvalue weighted by Crippen LogP contribution is -2.51. The van der Waals surface area contributed by atoms with Crippen molar-refractivity contribution in [1.82, 2.24) is 29.7 Å². The fraction of sp³-hybridized carbons (Fsp3) is 0.381. The third kappa shape index (κ3) is 3.55. The smallest absolute Gasteiger partial charge is 0.334 e. The van der Waals surface area contributed by atoms with E-state index < -0.39 is 22.2 Å². The maximum Gasteiger partial charge on any atom is 0.334 e. The summed E-state index contributed by atoms with van der Waals surface area (Å²) in [7, 11) is 0. The summed E-state index contributed by atoms with van der Waals surface area (Å²) in [5.41, 5.74) is 0.764. The Labute approximate surface area is 182 Å². The Morgan fingerprint density at radius 1 is 1.16 bits per heavy atom. The first kappa shape index (κ1) is 20.0. The Bertz CT molecular complexity index is 1210. The highest BCUT2D eigenvalue weighted by atomic mass is 16.6. The average molecular weight is 435 g/mol. The zero-order chi connectivity index (χ0) is 22.2. The summed E-state index contributed by atoms with van der Waals surface area (Å²) in [5.74, 6) is -0.0732. The molecule has 32 heavy (non-hydrogen) atoms. The van der Waals surface area contributed by atoms with Crippen LogP contribution in [0.2, 0.25) is 0 Å². The summed E-state index contributed by atoms with van der Waals surface area (Å²) in [4.78, 5) is 38.5. The van der Waals surface area contributed by atoms with Gasteiger partial charge in [0.05, 0.1) is 4.92 Å². The van der Waals surface area contributed by atoms with Gasteiger partial charge in [0.15, 0.2) is 0 Å². The number of rotatable bonds is 5. The number of likely N-dealkylation sites (tertiary alicyclic amines) is 1. The Balaban J connectivity index is 1.42. The molecule has 2 aromatic heterocycles. The van der Waals surface area contributed by atoms with Crippen LogP contribution in [-0.2, 0) is 17.8 Å². The highest BCUT2D eigenvalue weighted by Crippen LogP contribution is 2.36. The first-order chi connectivity index (χ1) is 15.5. The molecule has 0 aliphatic carbocycles. The maximum atomic E-state index is 13.6. The molecule has 1 amide bonds. The van der Waals surface area contributed by atoms with Gasteiger partial charge in [-0.15, -0.1) is 5.10 Å². The minimum Gasteiger partial charge on any atom is -0.340 e. The van der Waals surface area contributed by atoms with Crippen LogP contribution in [0.15, 0.2) is 53.6 Å². The van der Waals surface area contributed by atoms with Crippen molar-refractivity contribution >= 4 is 11.6 Å². The van der Waals surface area contributed by atoms with Crippen LogP contribution in [0.5, 0.6) is 0 Å². The van der Waals surface area contributed by atoms with E-state index in [2.05, 4.69) is 15.5 Å². The molecule has 1 fully saturated rings. The summed E-state index contributed by atoms with van der Waals surface area (Å²) in [6, 6.07) is 12.0. The molecule has 2 bridgehead atoms. The summed E-state index contributed by atoms with van der Waals surface area (Å²) in [6.45, 7) is 1.29. The normalized spacial score (nSPS) is 20.4. The molecular formula is C21H21N7O4. The molecule has 0 saturated carbocycles. The second kappa shape index (κ2) is 7.98. The predicted molar refractivity (Wildman–Crippen MR) is 112 cm³/mol. The minimum atomic E-state index is -0.643. The van der Waals surface area contributed by atoms with Gasteiger partial charge in [-0.05, 0) is 34.4 Å². The van der Waals surface area contributed by atoms with Gasteiger partial charge < -0.3 is 9.47 Å². The fourth-order valence-corrected chi connectivity index (χ4v) is 4.91. The zero-order valence-electron chi connectivity index (χ0n) is 17.1. The Morgan fingerprint density at radius 3 is 2.69 bits per heavy atom. The number of amides is 1. The van der Waals surface area contributed by atoms with Gasteiger partial charge in [0.25, 0.3) is 0 Å². The molecule has 0 N–H and O–H groups in total. The third-order valence-electron chi connectivity index (χ3n) is 6.33. The summed E-state index contributed by atoms with van der Waals surface area (Å²) in [5, 5.41) is 22.5. The van der Waals surface area contributed by atoms with Crippen molar-refractivity contribution in [3.8, 4) is 0 Å². The second-order valence-corrected chi connectivity index (χ2v) is 8.35. The van der Waals surface area contributed by atoms with Gasteiger partial charge >= 0.3 is 11.2 Å². The summed E-state index contributed by atoms with van der Waals surface area (Å²) < 4.78 is 3.00. The number of hydrogen-bond acceptors (Lipinski definition) is 7. The lowest BCUT2D eigenvalue weighted by atomic mass is 9.82. The number of benzene rings is 1. The highest BCUT2D eigenvalue weighted by Gasteiger charge is 2.39. The molecule has 3 aromatic rings. The predicted octanol–water partition coefficient (Wildman–Crippen LogP) is 1.17. The number of carbonyl (C=O) groups excluding carboxylic acids is 1. The number of pyridine rings is 1. The molecule has 2 unspecified atom stereocenters. The van der Waals surface area contributed by atoms with Gasteiger partial charge in [-0.3, -0.25) is 19.7 Å². The van der Waals surface area contributed by atoms with Crippen LogP contribution in [0.1, 0.15) is 29.6 Å². The van der Waals surface area contributed by atoms with Crippen LogP contribution in [-0.4, -0.2) is 53.6 Å². The van der Waals surface area contributed by atoms with Gasteiger partial charge in [-0.1, -0.05) is 30.3 Å².